The van der Waals surface area contributed by atoms with E-state index in [4.69, 9.17) is 10.00 Å². The highest BCUT2D eigenvalue weighted by Gasteiger charge is 2.19. The number of benzene rings is 1. The second kappa shape index (κ2) is 7.42. The summed E-state index contributed by atoms with van der Waals surface area (Å²) in [5.41, 5.74) is 1.03. The minimum atomic E-state index is -0.407. The Morgan fingerprint density at radius 2 is 2.17 bits per heavy atom. The molecule has 0 amide bonds. The monoisotopic (exact) mass is 330 g/mol. The standard InChI is InChI=1S/C17H22N4OS/c1-5-13(10-18)22-14-8-6-7-12(9-14)11-19-16-20-15(21-23-16)17(2,3)4/h6-9,13H,5,11H2,1-4H3,(H,19,20,21). The lowest BCUT2D eigenvalue weighted by atomic mass is 9.96. The van der Waals surface area contributed by atoms with Crippen LogP contribution in [0.2, 0.25) is 0 Å². The van der Waals surface area contributed by atoms with Crippen LogP contribution in [0.15, 0.2) is 24.3 Å². The number of nitriles is 1. The van der Waals surface area contributed by atoms with E-state index in [1.165, 1.54) is 11.5 Å². The van der Waals surface area contributed by atoms with Crippen LogP contribution in [-0.4, -0.2) is 15.5 Å². The molecule has 1 unspecified atom stereocenters. The molecule has 1 N–H and O–H groups in total. The highest BCUT2D eigenvalue weighted by Crippen LogP contribution is 2.23. The smallest absolute Gasteiger partial charge is 0.202 e. The molecule has 5 nitrogen and oxygen atoms in total. The molecule has 0 radical (unpaired) electrons. The zero-order chi connectivity index (χ0) is 16.9. The average molecular weight is 330 g/mol. The van der Waals surface area contributed by atoms with Gasteiger partial charge in [0.05, 0.1) is 0 Å². The second-order valence-electron chi connectivity index (χ2n) is 6.32. The Hall–Kier alpha value is -2.13. The summed E-state index contributed by atoms with van der Waals surface area (Å²) in [7, 11) is 0. The van der Waals surface area contributed by atoms with Crippen molar-refractivity contribution in [2.45, 2.75) is 52.2 Å². The van der Waals surface area contributed by atoms with Crippen LogP contribution in [0.4, 0.5) is 5.13 Å². The predicted molar refractivity (Wildman–Crippen MR) is 92.7 cm³/mol. The third kappa shape index (κ3) is 4.93. The van der Waals surface area contributed by atoms with Gasteiger partial charge >= 0.3 is 0 Å². The summed E-state index contributed by atoms with van der Waals surface area (Å²) in [6, 6.07) is 9.89. The summed E-state index contributed by atoms with van der Waals surface area (Å²) in [6.45, 7) is 8.86. The highest BCUT2D eigenvalue weighted by molar-refractivity contribution is 7.09. The van der Waals surface area contributed by atoms with Gasteiger partial charge in [-0.2, -0.15) is 9.64 Å². The minimum Gasteiger partial charge on any atom is -0.476 e. The molecule has 0 spiro atoms. The Morgan fingerprint density at radius 1 is 1.39 bits per heavy atom. The van der Waals surface area contributed by atoms with E-state index in [2.05, 4.69) is 41.5 Å². The molecule has 0 aliphatic heterocycles. The van der Waals surface area contributed by atoms with Gasteiger partial charge in [-0.15, -0.1) is 0 Å². The Morgan fingerprint density at radius 3 is 2.78 bits per heavy atom. The van der Waals surface area contributed by atoms with Crippen molar-refractivity contribution in [1.82, 2.24) is 9.36 Å². The van der Waals surface area contributed by atoms with Gasteiger partial charge in [0.15, 0.2) is 6.10 Å². The van der Waals surface area contributed by atoms with Crippen LogP contribution in [0, 0.1) is 11.3 Å². The van der Waals surface area contributed by atoms with Gasteiger partial charge in [-0.3, -0.25) is 0 Å². The van der Waals surface area contributed by atoms with Crippen molar-refractivity contribution in [3.05, 3.63) is 35.7 Å². The number of nitrogens with one attached hydrogen (secondary N) is 1. The quantitative estimate of drug-likeness (QED) is 0.862. The lowest BCUT2D eigenvalue weighted by molar-refractivity contribution is 0.251. The Balaban J connectivity index is 1.98. The van der Waals surface area contributed by atoms with Crippen molar-refractivity contribution in [1.29, 1.82) is 5.26 Å². The van der Waals surface area contributed by atoms with Crippen molar-refractivity contribution in [3.8, 4) is 11.8 Å². The molecular formula is C17H22N4OS. The van der Waals surface area contributed by atoms with Crippen LogP contribution in [-0.2, 0) is 12.0 Å². The fraction of sp³-hybridized carbons (Fsp3) is 0.471. The first kappa shape index (κ1) is 17.2. The third-order valence-electron chi connectivity index (χ3n) is 3.23. The molecule has 6 heteroatoms. The summed E-state index contributed by atoms with van der Waals surface area (Å²) in [4.78, 5) is 4.52. The summed E-state index contributed by atoms with van der Waals surface area (Å²) in [5, 5.41) is 13.1. The van der Waals surface area contributed by atoms with Crippen LogP contribution < -0.4 is 10.1 Å². The van der Waals surface area contributed by atoms with E-state index in [0.29, 0.717) is 18.7 Å². The number of aromatic nitrogens is 2. The van der Waals surface area contributed by atoms with Gasteiger partial charge in [-0.05, 0) is 24.1 Å². The fourth-order valence-corrected chi connectivity index (χ4v) is 2.62. The molecule has 0 aliphatic rings. The second-order valence-corrected chi connectivity index (χ2v) is 7.07. The van der Waals surface area contributed by atoms with Crippen LogP contribution in [0.25, 0.3) is 0 Å². The van der Waals surface area contributed by atoms with Gasteiger partial charge in [0.2, 0.25) is 5.13 Å². The molecule has 0 saturated carbocycles. The number of anilines is 1. The van der Waals surface area contributed by atoms with Crippen LogP contribution >= 0.6 is 11.5 Å². The Kier molecular flexibility index (Phi) is 5.56. The maximum atomic E-state index is 8.98. The molecule has 2 aromatic rings. The van der Waals surface area contributed by atoms with E-state index in [1.807, 2.05) is 31.2 Å². The molecule has 0 saturated heterocycles. The predicted octanol–water partition coefficient (Wildman–Crippen LogP) is 4.13. The highest BCUT2D eigenvalue weighted by atomic mass is 32.1. The fourth-order valence-electron chi connectivity index (χ4n) is 1.87. The summed E-state index contributed by atoms with van der Waals surface area (Å²) < 4.78 is 10.0. The van der Waals surface area contributed by atoms with Gasteiger partial charge in [0.25, 0.3) is 0 Å². The van der Waals surface area contributed by atoms with Gasteiger partial charge in [0, 0.05) is 23.5 Å². The number of rotatable bonds is 6. The zero-order valence-electron chi connectivity index (χ0n) is 14.0. The van der Waals surface area contributed by atoms with Crippen LogP contribution in [0.1, 0.15) is 45.5 Å². The molecule has 122 valence electrons. The first-order chi connectivity index (χ1) is 10.9. The zero-order valence-corrected chi connectivity index (χ0v) is 14.8. The molecule has 1 heterocycles. The van der Waals surface area contributed by atoms with Gasteiger partial charge in [-0.1, -0.05) is 39.8 Å². The van der Waals surface area contributed by atoms with E-state index in [0.717, 1.165) is 16.5 Å². The van der Waals surface area contributed by atoms with Crippen molar-refractivity contribution in [3.63, 3.8) is 0 Å². The van der Waals surface area contributed by atoms with E-state index < -0.39 is 6.10 Å². The first-order valence-electron chi connectivity index (χ1n) is 7.65. The Labute approximate surface area is 141 Å². The average Bonchev–Trinajstić information content (AvgIpc) is 3.00. The number of hydrogen-bond donors (Lipinski definition) is 1. The first-order valence-corrected chi connectivity index (χ1v) is 8.43. The van der Waals surface area contributed by atoms with E-state index >= 15 is 0 Å². The van der Waals surface area contributed by atoms with Crippen molar-refractivity contribution in [2.24, 2.45) is 0 Å². The number of nitrogens with zero attached hydrogens (tertiary/aromatic N) is 3. The van der Waals surface area contributed by atoms with E-state index in [9.17, 15) is 0 Å². The molecule has 0 fully saturated rings. The third-order valence-corrected chi connectivity index (χ3v) is 3.90. The lowest BCUT2D eigenvalue weighted by Crippen LogP contribution is -2.13. The Bertz CT molecular complexity index is 684. The lowest BCUT2D eigenvalue weighted by Gasteiger charge is -2.12. The van der Waals surface area contributed by atoms with Gasteiger partial charge < -0.3 is 10.1 Å². The van der Waals surface area contributed by atoms with Gasteiger partial charge in [-0.25, -0.2) is 4.98 Å². The van der Waals surface area contributed by atoms with Crippen LogP contribution in [0.5, 0.6) is 5.75 Å². The summed E-state index contributed by atoms with van der Waals surface area (Å²) in [5.74, 6) is 1.56. The topological polar surface area (TPSA) is 70.8 Å². The molecule has 0 bridgehead atoms. The van der Waals surface area contributed by atoms with Crippen LogP contribution in [0.3, 0.4) is 0 Å². The van der Waals surface area contributed by atoms with Crippen molar-refractivity contribution >= 4 is 16.7 Å². The molecule has 0 aliphatic carbocycles. The maximum absolute atomic E-state index is 8.98. The molecule has 1 aromatic carbocycles. The minimum absolute atomic E-state index is 0.0450. The van der Waals surface area contributed by atoms with Crippen molar-refractivity contribution in [2.75, 3.05) is 5.32 Å². The number of ether oxygens (including phenoxy) is 1. The van der Waals surface area contributed by atoms with Gasteiger partial charge in [0.1, 0.15) is 17.6 Å². The molecule has 23 heavy (non-hydrogen) atoms. The number of hydrogen-bond acceptors (Lipinski definition) is 6. The largest absolute Gasteiger partial charge is 0.476 e. The maximum Gasteiger partial charge on any atom is 0.202 e. The van der Waals surface area contributed by atoms with Crippen molar-refractivity contribution < 1.29 is 4.74 Å². The summed E-state index contributed by atoms with van der Waals surface area (Å²) >= 11 is 1.37. The molecule has 1 atom stereocenters. The van der Waals surface area contributed by atoms with E-state index in [-0.39, 0.29) is 5.41 Å². The summed E-state index contributed by atoms with van der Waals surface area (Å²) in [6.07, 6.45) is 0.259. The normalized spacial score (nSPS) is 12.5. The molecule has 1 aromatic heterocycles. The van der Waals surface area contributed by atoms with E-state index in [1.54, 1.807) is 0 Å². The molecular weight excluding hydrogens is 308 g/mol. The SMILES string of the molecule is CCC(C#N)Oc1cccc(CNc2nc(C(C)(C)C)ns2)c1. The molecule has 2 rings (SSSR count).